The van der Waals surface area contributed by atoms with Gasteiger partial charge in [-0.3, -0.25) is 9.69 Å². The van der Waals surface area contributed by atoms with Crippen LogP contribution < -0.4 is 9.47 Å². The second-order valence-electron chi connectivity index (χ2n) is 5.82. The Bertz CT molecular complexity index is 868. The lowest BCUT2D eigenvalue weighted by Gasteiger charge is -2.09. The van der Waals surface area contributed by atoms with Crippen LogP contribution >= 0.6 is 35.6 Å². The van der Waals surface area contributed by atoms with Gasteiger partial charge in [0.15, 0.2) is 0 Å². The number of likely N-dealkylation sites (N-methyl/N-ethyl adjacent to an activating group) is 1. The number of hydrogen-bond acceptors (Lipinski definition) is 5. The molecule has 4 nitrogen and oxygen atoms in total. The average molecular weight is 420 g/mol. The molecule has 1 saturated heterocycles. The van der Waals surface area contributed by atoms with E-state index in [1.54, 1.807) is 19.2 Å². The number of amides is 1. The van der Waals surface area contributed by atoms with Gasteiger partial charge in [-0.2, -0.15) is 0 Å². The largest absolute Gasteiger partial charge is 0.493 e. The topological polar surface area (TPSA) is 38.8 Å². The van der Waals surface area contributed by atoms with Crippen molar-refractivity contribution in [3.05, 3.63) is 64.0 Å². The van der Waals surface area contributed by atoms with E-state index >= 15 is 0 Å². The number of hydrogen-bond donors (Lipinski definition) is 0. The van der Waals surface area contributed by atoms with Crippen molar-refractivity contribution >= 4 is 51.9 Å². The quantitative estimate of drug-likeness (QED) is 0.358. The van der Waals surface area contributed by atoms with Crippen molar-refractivity contribution in [2.24, 2.45) is 0 Å². The summed E-state index contributed by atoms with van der Waals surface area (Å²) in [7, 11) is 1.68. The first-order valence-electron chi connectivity index (χ1n) is 8.36. The molecule has 27 heavy (non-hydrogen) atoms. The average Bonchev–Trinajstić information content (AvgIpc) is 2.90. The molecule has 2 aromatic carbocycles. The third kappa shape index (κ3) is 5.48. The Morgan fingerprint density at radius 1 is 1.11 bits per heavy atom. The number of benzene rings is 2. The number of halogens is 1. The van der Waals surface area contributed by atoms with Gasteiger partial charge >= 0.3 is 0 Å². The predicted molar refractivity (Wildman–Crippen MR) is 114 cm³/mol. The van der Waals surface area contributed by atoms with Crippen LogP contribution in [0.25, 0.3) is 6.08 Å². The van der Waals surface area contributed by atoms with Crippen molar-refractivity contribution in [2.75, 3.05) is 20.3 Å². The van der Waals surface area contributed by atoms with Crippen LogP contribution in [-0.2, 0) is 4.79 Å². The highest BCUT2D eigenvalue weighted by Gasteiger charge is 2.28. The zero-order chi connectivity index (χ0) is 19.2. The number of thioether (sulfide) groups is 1. The maximum atomic E-state index is 12.1. The van der Waals surface area contributed by atoms with Gasteiger partial charge in [0.05, 0.1) is 18.1 Å². The Morgan fingerprint density at radius 2 is 1.81 bits per heavy atom. The molecule has 0 atom stereocenters. The summed E-state index contributed by atoms with van der Waals surface area (Å²) < 4.78 is 12.0. The summed E-state index contributed by atoms with van der Waals surface area (Å²) in [5.41, 5.74) is 0.902. The summed E-state index contributed by atoms with van der Waals surface area (Å²) >= 11 is 12.3. The monoisotopic (exact) mass is 419 g/mol. The molecule has 0 spiro atoms. The maximum Gasteiger partial charge on any atom is 0.265 e. The predicted octanol–water partition coefficient (Wildman–Crippen LogP) is 5.02. The van der Waals surface area contributed by atoms with Crippen molar-refractivity contribution in [3.63, 3.8) is 0 Å². The number of nitrogens with zero attached hydrogens (tertiary/aromatic N) is 1. The fraction of sp³-hybridized carbons (Fsp3) is 0.200. The Balaban J connectivity index is 1.49. The van der Waals surface area contributed by atoms with Gasteiger partial charge in [0.1, 0.15) is 15.8 Å². The minimum absolute atomic E-state index is 0.0735. The SMILES string of the molecule is CN1C(=O)/C(=C\c2cccc(OCCCOc3ccc(Cl)cc3)c2)SC1=S. The molecule has 7 heteroatoms. The molecule has 1 fully saturated rings. The number of carbonyl (C=O) groups excluding carboxylic acids is 1. The molecular formula is C20H18ClNO3S2. The molecule has 1 aliphatic heterocycles. The minimum Gasteiger partial charge on any atom is -0.493 e. The van der Waals surface area contributed by atoms with E-state index in [9.17, 15) is 4.79 Å². The zero-order valence-corrected chi connectivity index (χ0v) is 17.1. The zero-order valence-electron chi connectivity index (χ0n) is 14.7. The van der Waals surface area contributed by atoms with E-state index in [-0.39, 0.29) is 5.91 Å². The van der Waals surface area contributed by atoms with Gasteiger partial charge in [-0.25, -0.2) is 0 Å². The molecule has 0 radical (unpaired) electrons. The van der Waals surface area contributed by atoms with Gasteiger partial charge in [-0.05, 0) is 48.0 Å². The summed E-state index contributed by atoms with van der Waals surface area (Å²) in [5.74, 6) is 1.47. The normalized spacial score (nSPS) is 15.5. The van der Waals surface area contributed by atoms with Crippen molar-refractivity contribution < 1.29 is 14.3 Å². The first-order chi connectivity index (χ1) is 13.0. The third-order valence-corrected chi connectivity index (χ3v) is 5.52. The Hall–Kier alpha value is -2.02. The highest BCUT2D eigenvalue weighted by atomic mass is 35.5. The second-order valence-corrected chi connectivity index (χ2v) is 7.93. The molecule has 0 N–H and O–H groups in total. The molecule has 3 rings (SSSR count). The molecule has 0 bridgehead atoms. The van der Waals surface area contributed by atoms with Gasteiger partial charge in [0.25, 0.3) is 5.91 Å². The lowest BCUT2D eigenvalue weighted by molar-refractivity contribution is -0.121. The summed E-state index contributed by atoms with van der Waals surface area (Å²) in [4.78, 5) is 14.2. The molecule has 2 aromatic rings. The van der Waals surface area contributed by atoms with Gasteiger partial charge in [-0.15, -0.1) is 0 Å². The van der Waals surface area contributed by atoms with Crippen LogP contribution in [0.1, 0.15) is 12.0 Å². The van der Waals surface area contributed by atoms with Crippen LogP contribution in [0, 0.1) is 0 Å². The van der Waals surface area contributed by atoms with Crippen molar-refractivity contribution in [1.82, 2.24) is 4.90 Å². The smallest absolute Gasteiger partial charge is 0.265 e. The first-order valence-corrected chi connectivity index (χ1v) is 9.96. The second kappa shape index (κ2) is 9.26. The Labute approximate surface area is 173 Å². The molecule has 1 aliphatic rings. The van der Waals surface area contributed by atoms with Gasteiger partial charge in [0.2, 0.25) is 0 Å². The molecule has 1 amide bonds. The highest BCUT2D eigenvalue weighted by molar-refractivity contribution is 8.26. The van der Waals surface area contributed by atoms with E-state index in [2.05, 4.69) is 0 Å². The fourth-order valence-electron chi connectivity index (χ4n) is 2.36. The van der Waals surface area contributed by atoms with E-state index in [1.165, 1.54) is 16.7 Å². The number of ether oxygens (including phenoxy) is 2. The molecule has 0 aromatic heterocycles. The standard InChI is InChI=1S/C20H18ClNO3S2/c1-22-19(23)18(27-20(22)26)13-14-4-2-5-17(12-14)25-11-3-10-24-16-8-6-15(21)7-9-16/h2,4-9,12-13H,3,10-11H2,1H3/b18-13+. The molecule has 0 aliphatic carbocycles. The van der Waals surface area contributed by atoms with Gasteiger partial charge in [0, 0.05) is 18.5 Å². The van der Waals surface area contributed by atoms with Crippen LogP contribution in [0.4, 0.5) is 0 Å². The Morgan fingerprint density at radius 3 is 2.48 bits per heavy atom. The molecule has 140 valence electrons. The molecule has 0 unspecified atom stereocenters. The van der Waals surface area contributed by atoms with Crippen LogP contribution in [0.5, 0.6) is 11.5 Å². The van der Waals surface area contributed by atoms with E-state index in [0.717, 1.165) is 23.5 Å². The minimum atomic E-state index is -0.0735. The summed E-state index contributed by atoms with van der Waals surface area (Å²) in [6.07, 6.45) is 2.58. The van der Waals surface area contributed by atoms with Crippen molar-refractivity contribution in [3.8, 4) is 11.5 Å². The van der Waals surface area contributed by atoms with Crippen LogP contribution in [0.15, 0.2) is 53.4 Å². The number of thiocarbonyl (C=S) groups is 1. The van der Waals surface area contributed by atoms with Gasteiger partial charge in [-0.1, -0.05) is 47.7 Å². The highest BCUT2D eigenvalue weighted by Crippen LogP contribution is 2.31. The van der Waals surface area contributed by atoms with Gasteiger partial charge < -0.3 is 9.47 Å². The van der Waals surface area contributed by atoms with E-state index in [4.69, 9.17) is 33.3 Å². The summed E-state index contributed by atoms with van der Waals surface area (Å²) in [6.45, 7) is 1.09. The lowest BCUT2D eigenvalue weighted by atomic mass is 10.2. The number of carbonyl (C=O) groups is 1. The Kier molecular flexibility index (Phi) is 6.77. The van der Waals surface area contributed by atoms with Crippen LogP contribution in [0.3, 0.4) is 0 Å². The molecule has 1 heterocycles. The lowest BCUT2D eigenvalue weighted by Crippen LogP contribution is -2.22. The van der Waals surface area contributed by atoms with Crippen LogP contribution in [0.2, 0.25) is 5.02 Å². The summed E-state index contributed by atoms with van der Waals surface area (Å²) in [5, 5.41) is 0.687. The number of rotatable bonds is 7. The van der Waals surface area contributed by atoms with Crippen molar-refractivity contribution in [2.45, 2.75) is 6.42 Å². The summed E-state index contributed by atoms with van der Waals surface area (Å²) in [6, 6.07) is 14.9. The molecule has 0 saturated carbocycles. The maximum absolute atomic E-state index is 12.1. The van der Waals surface area contributed by atoms with E-state index < -0.39 is 0 Å². The fourth-order valence-corrected chi connectivity index (χ4v) is 3.67. The van der Waals surface area contributed by atoms with Crippen molar-refractivity contribution in [1.29, 1.82) is 0 Å². The molecular weight excluding hydrogens is 402 g/mol. The third-order valence-electron chi connectivity index (χ3n) is 3.78. The van der Waals surface area contributed by atoms with E-state index in [0.29, 0.717) is 27.5 Å². The van der Waals surface area contributed by atoms with Crippen LogP contribution in [-0.4, -0.2) is 35.4 Å². The first kappa shape index (κ1) is 19.7. The van der Waals surface area contributed by atoms with E-state index in [1.807, 2.05) is 42.5 Å².